The summed E-state index contributed by atoms with van der Waals surface area (Å²) in [4.78, 5) is 46.5. The van der Waals surface area contributed by atoms with Crippen LogP contribution in [0.5, 0.6) is 0 Å². The van der Waals surface area contributed by atoms with Crippen LogP contribution in [0.4, 0.5) is 0 Å². The quantitative estimate of drug-likeness (QED) is 0.657. The van der Waals surface area contributed by atoms with Crippen LogP contribution < -0.4 is 5.32 Å². The molecule has 2 aromatic rings. The van der Waals surface area contributed by atoms with Gasteiger partial charge >= 0.3 is 0 Å². The van der Waals surface area contributed by atoms with Crippen LogP contribution >= 0.6 is 22.7 Å². The molecule has 0 bridgehead atoms. The summed E-state index contributed by atoms with van der Waals surface area (Å²) in [6.45, 7) is 3.89. The minimum absolute atomic E-state index is 0.0332. The Morgan fingerprint density at radius 3 is 2.44 bits per heavy atom. The van der Waals surface area contributed by atoms with Crippen molar-refractivity contribution >= 4 is 40.4 Å². The van der Waals surface area contributed by atoms with Gasteiger partial charge in [0, 0.05) is 46.4 Å². The number of ether oxygens (including phenoxy) is 1. The third-order valence-electron chi connectivity index (χ3n) is 5.96. The highest BCUT2D eigenvalue weighted by Gasteiger charge is 2.45. The van der Waals surface area contributed by atoms with E-state index in [0.29, 0.717) is 49.0 Å². The molecule has 0 spiro atoms. The van der Waals surface area contributed by atoms with Gasteiger partial charge in [-0.15, -0.1) is 22.7 Å². The number of carbonyl (C=O) groups is 3. The van der Waals surface area contributed by atoms with Crippen molar-refractivity contribution in [3.8, 4) is 0 Å². The molecular weight excluding hydrogens is 448 g/mol. The SMILES string of the molecule is COCCN(C(=O)c1cccs1)C1CC(C(=O)N2CCNCC2)N(C(=O)c2cccs2)C1. The lowest BCUT2D eigenvalue weighted by molar-refractivity contribution is -0.135. The maximum absolute atomic E-state index is 13.4. The number of rotatable bonds is 7. The smallest absolute Gasteiger partial charge is 0.264 e. The van der Waals surface area contributed by atoms with E-state index in [0.717, 1.165) is 13.1 Å². The zero-order chi connectivity index (χ0) is 22.5. The van der Waals surface area contributed by atoms with Gasteiger partial charge in [0.15, 0.2) is 0 Å². The number of nitrogens with zero attached hydrogens (tertiary/aromatic N) is 3. The fourth-order valence-corrected chi connectivity index (χ4v) is 5.68. The minimum Gasteiger partial charge on any atom is -0.383 e. The number of hydrogen-bond acceptors (Lipinski definition) is 7. The number of carbonyl (C=O) groups excluding carboxylic acids is 3. The van der Waals surface area contributed by atoms with E-state index < -0.39 is 6.04 Å². The standard InChI is InChI=1S/C22H28N4O4S2/c1-30-11-10-25(21(28)18-4-2-12-31-18)16-14-17(20(27)24-8-6-23-7-9-24)26(15-16)22(29)19-5-3-13-32-19/h2-5,12-13,16-17,23H,6-11,14-15H2,1H3. The molecule has 1 N–H and O–H groups in total. The number of nitrogens with one attached hydrogen (secondary N) is 1. The fraction of sp³-hybridized carbons (Fsp3) is 0.500. The molecule has 8 nitrogen and oxygen atoms in total. The van der Waals surface area contributed by atoms with Crippen LogP contribution in [0.2, 0.25) is 0 Å². The molecule has 2 saturated heterocycles. The van der Waals surface area contributed by atoms with E-state index in [1.54, 1.807) is 29.0 Å². The zero-order valence-corrected chi connectivity index (χ0v) is 19.7. The Balaban J connectivity index is 1.59. The van der Waals surface area contributed by atoms with Gasteiger partial charge in [-0.05, 0) is 29.3 Å². The maximum Gasteiger partial charge on any atom is 0.264 e. The van der Waals surface area contributed by atoms with Gasteiger partial charge in [-0.3, -0.25) is 14.4 Å². The fourth-order valence-electron chi connectivity index (χ4n) is 4.32. The van der Waals surface area contributed by atoms with E-state index >= 15 is 0 Å². The van der Waals surface area contributed by atoms with Crippen molar-refractivity contribution in [3.05, 3.63) is 44.8 Å². The molecule has 3 amide bonds. The summed E-state index contributed by atoms with van der Waals surface area (Å²) in [6.07, 6.45) is 0.431. The third kappa shape index (κ3) is 4.88. The molecule has 4 heterocycles. The lowest BCUT2D eigenvalue weighted by Crippen LogP contribution is -2.53. The van der Waals surface area contributed by atoms with E-state index in [2.05, 4.69) is 5.32 Å². The number of likely N-dealkylation sites (tertiary alicyclic amines) is 1. The van der Waals surface area contributed by atoms with Crippen molar-refractivity contribution < 1.29 is 19.1 Å². The number of methoxy groups -OCH3 is 1. The first-order valence-corrected chi connectivity index (χ1v) is 12.5. The molecule has 2 aliphatic rings. The Bertz CT molecular complexity index is 913. The molecule has 0 radical (unpaired) electrons. The van der Waals surface area contributed by atoms with Gasteiger partial charge in [0.1, 0.15) is 6.04 Å². The van der Waals surface area contributed by atoms with Gasteiger partial charge in [-0.25, -0.2) is 0 Å². The van der Waals surface area contributed by atoms with Gasteiger partial charge in [0.2, 0.25) is 5.91 Å². The van der Waals surface area contributed by atoms with Crippen molar-refractivity contribution in [2.45, 2.75) is 18.5 Å². The van der Waals surface area contributed by atoms with E-state index in [9.17, 15) is 14.4 Å². The van der Waals surface area contributed by atoms with Gasteiger partial charge in [-0.2, -0.15) is 0 Å². The average Bonchev–Trinajstić information content (AvgIpc) is 3.60. The molecule has 32 heavy (non-hydrogen) atoms. The summed E-state index contributed by atoms with van der Waals surface area (Å²) in [6, 6.07) is 6.45. The van der Waals surface area contributed by atoms with Crippen molar-refractivity contribution in [1.29, 1.82) is 0 Å². The molecule has 2 aromatic heterocycles. The Labute approximate surface area is 195 Å². The highest BCUT2D eigenvalue weighted by Crippen LogP contribution is 2.28. The lowest BCUT2D eigenvalue weighted by atomic mass is 10.1. The van der Waals surface area contributed by atoms with Gasteiger partial charge in [0.25, 0.3) is 11.8 Å². The largest absolute Gasteiger partial charge is 0.383 e. The lowest BCUT2D eigenvalue weighted by Gasteiger charge is -2.32. The zero-order valence-electron chi connectivity index (χ0n) is 18.1. The summed E-state index contributed by atoms with van der Waals surface area (Å²) < 4.78 is 5.25. The Kier molecular flexibility index (Phi) is 7.56. The molecule has 0 saturated carbocycles. The molecule has 0 aliphatic carbocycles. The first-order chi connectivity index (χ1) is 15.6. The minimum atomic E-state index is -0.575. The molecule has 2 aliphatic heterocycles. The van der Waals surface area contributed by atoms with Crippen LogP contribution in [0.3, 0.4) is 0 Å². The van der Waals surface area contributed by atoms with Gasteiger partial charge < -0.3 is 24.8 Å². The average molecular weight is 477 g/mol. The number of amides is 3. The molecule has 172 valence electrons. The monoisotopic (exact) mass is 476 g/mol. The van der Waals surface area contributed by atoms with Crippen LogP contribution in [-0.2, 0) is 9.53 Å². The number of thiophene rings is 2. The molecule has 4 rings (SSSR count). The van der Waals surface area contributed by atoms with Crippen LogP contribution in [-0.4, -0.2) is 97.5 Å². The topological polar surface area (TPSA) is 82.2 Å². The Morgan fingerprint density at radius 2 is 1.81 bits per heavy atom. The second-order valence-electron chi connectivity index (χ2n) is 7.88. The molecule has 10 heteroatoms. The number of hydrogen-bond donors (Lipinski definition) is 1. The summed E-state index contributed by atoms with van der Waals surface area (Å²) in [7, 11) is 1.60. The van der Waals surface area contributed by atoms with E-state index in [1.807, 2.05) is 27.8 Å². The van der Waals surface area contributed by atoms with E-state index in [-0.39, 0.29) is 23.8 Å². The van der Waals surface area contributed by atoms with Gasteiger partial charge in [-0.1, -0.05) is 12.1 Å². The highest BCUT2D eigenvalue weighted by molar-refractivity contribution is 7.12. The molecule has 2 unspecified atom stereocenters. The molecule has 0 aromatic carbocycles. The van der Waals surface area contributed by atoms with Crippen molar-refractivity contribution in [2.24, 2.45) is 0 Å². The predicted molar refractivity (Wildman–Crippen MR) is 124 cm³/mol. The van der Waals surface area contributed by atoms with Crippen molar-refractivity contribution in [2.75, 3.05) is 53.0 Å². The first-order valence-electron chi connectivity index (χ1n) is 10.8. The van der Waals surface area contributed by atoms with E-state index in [4.69, 9.17) is 4.74 Å². The van der Waals surface area contributed by atoms with Crippen LogP contribution in [0.1, 0.15) is 25.8 Å². The van der Waals surface area contributed by atoms with Crippen molar-refractivity contribution in [1.82, 2.24) is 20.0 Å². The second kappa shape index (κ2) is 10.6. The Hall–Kier alpha value is -2.27. The second-order valence-corrected chi connectivity index (χ2v) is 9.78. The molecule has 2 fully saturated rings. The summed E-state index contributed by atoms with van der Waals surface area (Å²) in [5.41, 5.74) is 0. The van der Waals surface area contributed by atoms with Crippen molar-refractivity contribution in [3.63, 3.8) is 0 Å². The normalized spacial score (nSPS) is 21.0. The maximum atomic E-state index is 13.4. The predicted octanol–water partition coefficient (Wildman–Crippen LogP) is 1.61. The van der Waals surface area contributed by atoms with Gasteiger partial charge in [0.05, 0.1) is 22.4 Å². The highest BCUT2D eigenvalue weighted by atomic mass is 32.1. The first kappa shape index (κ1) is 22.9. The van der Waals surface area contributed by atoms with Crippen LogP contribution in [0.15, 0.2) is 35.0 Å². The van der Waals surface area contributed by atoms with Crippen LogP contribution in [0.25, 0.3) is 0 Å². The summed E-state index contributed by atoms with van der Waals surface area (Å²) >= 11 is 2.76. The van der Waals surface area contributed by atoms with Crippen LogP contribution in [0, 0.1) is 0 Å². The number of piperazine rings is 1. The Morgan fingerprint density at radius 1 is 1.12 bits per heavy atom. The molecular formula is C22H28N4O4S2. The third-order valence-corrected chi connectivity index (χ3v) is 7.67. The van der Waals surface area contributed by atoms with E-state index in [1.165, 1.54) is 22.7 Å². The summed E-state index contributed by atoms with van der Waals surface area (Å²) in [5.74, 6) is -0.263. The molecule has 2 atom stereocenters. The summed E-state index contributed by atoms with van der Waals surface area (Å²) in [5, 5.41) is 6.99.